The van der Waals surface area contributed by atoms with Gasteiger partial charge in [-0.1, -0.05) is 33.6 Å². The van der Waals surface area contributed by atoms with E-state index in [1.165, 1.54) is 35.4 Å². The lowest BCUT2D eigenvalue weighted by Gasteiger charge is -2.36. The van der Waals surface area contributed by atoms with Crippen LogP contribution in [0.1, 0.15) is 56.2 Å². The van der Waals surface area contributed by atoms with Gasteiger partial charge in [-0.05, 0) is 44.5 Å². The Balaban J connectivity index is 1.88. The molecule has 1 aliphatic rings. The summed E-state index contributed by atoms with van der Waals surface area (Å²) in [7, 11) is 4.46. The van der Waals surface area contributed by atoms with Gasteiger partial charge >= 0.3 is 0 Å². The summed E-state index contributed by atoms with van der Waals surface area (Å²) in [6, 6.07) is 4.58. The lowest BCUT2D eigenvalue weighted by molar-refractivity contribution is 0.154. The van der Waals surface area contributed by atoms with Crippen LogP contribution in [0, 0.1) is 0 Å². The van der Waals surface area contributed by atoms with Crippen molar-refractivity contribution in [3.63, 3.8) is 0 Å². The summed E-state index contributed by atoms with van der Waals surface area (Å²) in [6.07, 6.45) is 5.44. The molecule has 0 radical (unpaired) electrons. The molecular weight excluding hydrogens is 264 g/mol. The zero-order valence-electron chi connectivity index (χ0n) is 13.8. The topological polar surface area (TPSA) is 15.3 Å². The Kier molecular flexibility index (Phi) is 4.93. The van der Waals surface area contributed by atoms with E-state index in [0.29, 0.717) is 5.54 Å². The van der Waals surface area contributed by atoms with E-state index in [-0.39, 0.29) is 5.41 Å². The molecule has 20 heavy (non-hydrogen) atoms. The van der Waals surface area contributed by atoms with Gasteiger partial charge in [-0.3, -0.25) is 0 Å². The van der Waals surface area contributed by atoms with Crippen molar-refractivity contribution in [2.24, 2.45) is 0 Å². The van der Waals surface area contributed by atoms with Crippen LogP contribution in [-0.2, 0) is 12.0 Å². The molecule has 0 spiro atoms. The highest BCUT2D eigenvalue weighted by Gasteiger charge is 2.35. The highest BCUT2D eigenvalue weighted by molar-refractivity contribution is 7.12. The first kappa shape index (κ1) is 16.0. The summed E-state index contributed by atoms with van der Waals surface area (Å²) in [5.41, 5.74) is 0.670. The summed E-state index contributed by atoms with van der Waals surface area (Å²) in [6.45, 7) is 8.99. The van der Waals surface area contributed by atoms with Crippen LogP contribution in [0.5, 0.6) is 0 Å². The number of rotatable bonds is 5. The average molecular weight is 295 g/mol. The molecule has 1 saturated carbocycles. The highest BCUT2D eigenvalue weighted by Crippen LogP contribution is 2.33. The first-order valence-electron chi connectivity index (χ1n) is 7.81. The van der Waals surface area contributed by atoms with Gasteiger partial charge in [-0.25, -0.2) is 0 Å². The lowest BCUT2D eigenvalue weighted by atomic mass is 9.95. The maximum absolute atomic E-state index is 3.70. The molecular formula is C17H30N2S. The second-order valence-corrected chi connectivity index (χ2v) is 8.61. The van der Waals surface area contributed by atoms with Crippen molar-refractivity contribution < 1.29 is 0 Å². The van der Waals surface area contributed by atoms with E-state index < -0.39 is 0 Å². The fraction of sp³-hybridized carbons (Fsp3) is 0.765. The molecule has 0 aromatic carbocycles. The van der Waals surface area contributed by atoms with Gasteiger partial charge in [0.05, 0.1) is 0 Å². The smallest absolute Gasteiger partial charge is 0.0328 e. The highest BCUT2D eigenvalue weighted by atomic mass is 32.1. The Labute approximate surface area is 128 Å². The molecule has 1 aromatic rings. The van der Waals surface area contributed by atoms with Crippen molar-refractivity contribution in [2.45, 2.75) is 64.0 Å². The summed E-state index contributed by atoms with van der Waals surface area (Å²) in [4.78, 5) is 5.38. The minimum Gasteiger partial charge on any atom is -0.310 e. The predicted octanol–water partition coefficient (Wildman–Crippen LogP) is 4.01. The molecule has 1 fully saturated rings. The van der Waals surface area contributed by atoms with Crippen molar-refractivity contribution >= 4 is 11.3 Å². The van der Waals surface area contributed by atoms with Crippen molar-refractivity contribution in [3.8, 4) is 0 Å². The van der Waals surface area contributed by atoms with Crippen LogP contribution in [0.25, 0.3) is 0 Å². The monoisotopic (exact) mass is 294 g/mol. The molecule has 0 amide bonds. The Morgan fingerprint density at radius 2 is 1.85 bits per heavy atom. The number of thiophene rings is 1. The third-order valence-electron chi connectivity index (χ3n) is 4.64. The van der Waals surface area contributed by atoms with Gasteiger partial charge in [-0.2, -0.15) is 0 Å². The molecule has 0 unspecified atom stereocenters. The minimum absolute atomic E-state index is 0.277. The van der Waals surface area contributed by atoms with Crippen LogP contribution >= 0.6 is 11.3 Å². The lowest BCUT2D eigenvalue weighted by Crippen LogP contribution is -2.49. The molecule has 3 heteroatoms. The van der Waals surface area contributed by atoms with E-state index >= 15 is 0 Å². The second kappa shape index (κ2) is 6.17. The van der Waals surface area contributed by atoms with Crippen molar-refractivity contribution in [2.75, 3.05) is 20.6 Å². The second-order valence-electron chi connectivity index (χ2n) is 7.45. The van der Waals surface area contributed by atoms with Crippen LogP contribution in [0.3, 0.4) is 0 Å². The van der Waals surface area contributed by atoms with E-state index in [4.69, 9.17) is 0 Å². The van der Waals surface area contributed by atoms with Crippen LogP contribution in [0.4, 0.5) is 0 Å². The van der Waals surface area contributed by atoms with E-state index in [0.717, 1.165) is 13.1 Å². The van der Waals surface area contributed by atoms with Crippen molar-refractivity contribution in [1.29, 1.82) is 0 Å². The zero-order chi connectivity index (χ0) is 14.8. The van der Waals surface area contributed by atoms with Gasteiger partial charge in [0.15, 0.2) is 0 Å². The number of nitrogens with one attached hydrogen (secondary N) is 1. The maximum atomic E-state index is 3.70. The number of likely N-dealkylation sites (N-methyl/N-ethyl adjacent to an activating group) is 1. The fourth-order valence-electron chi connectivity index (χ4n) is 3.11. The molecule has 2 rings (SSSR count). The van der Waals surface area contributed by atoms with Crippen LogP contribution in [-0.4, -0.2) is 31.1 Å². The predicted molar refractivity (Wildman–Crippen MR) is 89.6 cm³/mol. The standard InChI is InChI=1S/C17H30N2S/c1-16(2,3)15-9-8-14(20-15)12-18-13-17(19(4)5)10-6-7-11-17/h8-9,18H,6-7,10-13H2,1-5H3. The van der Waals surface area contributed by atoms with Crippen LogP contribution in [0.15, 0.2) is 12.1 Å². The van der Waals surface area contributed by atoms with E-state index in [1.807, 2.05) is 11.3 Å². The van der Waals surface area contributed by atoms with Crippen LogP contribution < -0.4 is 5.32 Å². The minimum atomic E-state index is 0.277. The van der Waals surface area contributed by atoms with E-state index in [1.54, 1.807) is 0 Å². The first-order chi connectivity index (χ1) is 9.33. The van der Waals surface area contributed by atoms with Crippen molar-refractivity contribution in [3.05, 3.63) is 21.9 Å². The summed E-state index contributed by atoms with van der Waals surface area (Å²) in [5, 5.41) is 3.70. The van der Waals surface area contributed by atoms with Gasteiger partial charge in [-0.15, -0.1) is 11.3 Å². The molecule has 2 nitrogen and oxygen atoms in total. The van der Waals surface area contributed by atoms with Gasteiger partial charge in [0, 0.05) is 28.4 Å². The largest absolute Gasteiger partial charge is 0.310 e. The van der Waals surface area contributed by atoms with Crippen LogP contribution in [0.2, 0.25) is 0 Å². The fourth-order valence-corrected chi connectivity index (χ4v) is 4.14. The third kappa shape index (κ3) is 3.63. The molecule has 114 valence electrons. The molecule has 1 aromatic heterocycles. The van der Waals surface area contributed by atoms with E-state index in [9.17, 15) is 0 Å². The quantitative estimate of drug-likeness (QED) is 0.882. The summed E-state index contributed by atoms with van der Waals surface area (Å²) in [5.74, 6) is 0. The molecule has 0 atom stereocenters. The molecule has 0 saturated heterocycles. The maximum Gasteiger partial charge on any atom is 0.0328 e. The van der Waals surface area contributed by atoms with Gasteiger partial charge in [0.2, 0.25) is 0 Å². The Morgan fingerprint density at radius 1 is 1.20 bits per heavy atom. The number of hydrogen-bond donors (Lipinski definition) is 1. The molecule has 1 N–H and O–H groups in total. The average Bonchev–Trinajstić information content (AvgIpc) is 2.97. The number of nitrogens with zero attached hydrogens (tertiary/aromatic N) is 1. The van der Waals surface area contributed by atoms with Gasteiger partial charge in [0.1, 0.15) is 0 Å². The summed E-state index contributed by atoms with van der Waals surface area (Å²) >= 11 is 1.95. The molecule has 0 bridgehead atoms. The third-order valence-corrected chi connectivity index (χ3v) is 6.15. The first-order valence-corrected chi connectivity index (χ1v) is 8.62. The summed E-state index contributed by atoms with van der Waals surface area (Å²) < 4.78 is 0. The Bertz CT molecular complexity index is 422. The van der Waals surface area contributed by atoms with Gasteiger partial charge < -0.3 is 10.2 Å². The SMILES string of the molecule is CN(C)C1(CNCc2ccc(C(C)(C)C)s2)CCCC1. The number of hydrogen-bond acceptors (Lipinski definition) is 3. The zero-order valence-corrected chi connectivity index (χ0v) is 14.6. The van der Waals surface area contributed by atoms with E-state index in [2.05, 4.69) is 57.2 Å². The molecule has 1 aliphatic carbocycles. The molecule has 0 aliphatic heterocycles. The Hall–Kier alpha value is -0.380. The van der Waals surface area contributed by atoms with Crippen molar-refractivity contribution in [1.82, 2.24) is 10.2 Å². The Morgan fingerprint density at radius 3 is 2.35 bits per heavy atom. The normalized spacial score (nSPS) is 18.9. The van der Waals surface area contributed by atoms with Gasteiger partial charge in [0.25, 0.3) is 0 Å². The molecule has 1 heterocycles.